The highest BCUT2D eigenvalue weighted by molar-refractivity contribution is 5.99. The summed E-state index contributed by atoms with van der Waals surface area (Å²) in [6.45, 7) is 6.78. The molecule has 0 saturated heterocycles. The Morgan fingerprint density at radius 2 is 1.83 bits per heavy atom. The Bertz CT molecular complexity index is 889. The maximum Gasteiger partial charge on any atom is 0.347 e. The van der Waals surface area contributed by atoms with E-state index in [1.165, 1.54) is 0 Å². The van der Waals surface area contributed by atoms with Gasteiger partial charge in [0.05, 0.1) is 19.8 Å². The highest BCUT2D eigenvalue weighted by atomic mass is 16.6. The Kier molecular flexibility index (Phi) is 6.75. The molecule has 0 saturated carbocycles. The van der Waals surface area contributed by atoms with Crippen molar-refractivity contribution in [2.45, 2.75) is 39.7 Å². The van der Waals surface area contributed by atoms with Crippen LogP contribution in [0.3, 0.4) is 0 Å². The molecule has 154 valence electrons. The number of aryl methyl sites for hydroxylation is 1. The third-order valence-electron chi connectivity index (χ3n) is 4.61. The molecule has 0 bridgehead atoms. The van der Waals surface area contributed by atoms with E-state index in [4.69, 9.17) is 18.9 Å². The van der Waals surface area contributed by atoms with Crippen molar-refractivity contribution in [3.8, 4) is 17.2 Å². The second kappa shape index (κ2) is 9.45. The Balaban J connectivity index is 1.68. The topological polar surface area (TPSA) is 71.1 Å². The van der Waals surface area contributed by atoms with Crippen LogP contribution >= 0.6 is 0 Å². The number of Topliss-reactive ketones (excluding diaryl/α,β-unsaturated/α-hetero) is 1. The van der Waals surface area contributed by atoms with Gasteiger partial charge in [-0.25, -0.2) is 4.79 Å². The molecule has 1 aliphatic rings. The first-order valence-corrected chi connectivity index (χ1v) is 9.83. The fourth-order valence-electron chi connectivity index (χ4n) is 3.13. The summed E-state index contributed by atoms with van der Waals surface area (Å²) in [4.78, 5) is 24.5. The monoisotopic (exact) mass is 398 g/mol. The van der Waals surface area contributed by atoms with Crippen molar-refractivity contribution >= 4 is 11.8 Å². The molecule has 1 heterocycles. The number of hydrogen-bond acceptors (Lipinski definition) is 6. The average molecular weight is 398 g/mol. The first-order valence-electron chi connectivity index (χ1n) is 9.83. The van der Waals surface area contributed by atoms with Crippen LogP contribution in [0.5, 0.6) is 17.2 Å². The van der Waals surface area contributed by atoms with Crippen LogP contribution in [0.1, 0.15) is 41.8 Å². The Morgan fingerprint density at radius 1 is 1.07 bits per heavy atom. The number of rotatable bonds is 7. The molecular weight excluding hydrogens is 372 g/mol. The minimum absolute atomic E-state index is 0.00183. The highest BCUT2D eigenvalue weighted by Gasteiger charge is 2.18. The lowest BCUT2D eigenvalue weighted by atomic mass is 9.98. The first kappa shape index (κ1) is 20.7. The highest BCUT2D eigenvalue weighted by Crippen LogP contribution is 2.31. The Morgan fingerprint density at radius 3 is 2.55 bits per heavy atom. The standard InChI is InChI=1S/C23H26O6/c1-4-26-23(25)16(3)29-18-7-8-19(15(2)12-18)20(24)13-17-6-9-21-22(14-17)28-11-5-10-27-21/h6-9,12,14,16H,4-5,10-11,13H2,1-3H3. The van der Waals surface area contributed by atoms with E-state index in [9.17, 15) is 9.59 Å². The molecule has 1 aliphatic heterocycles. The molecule has 0 N–H and O–H groups in total. The van der Waals surface area contributed by atoms with E-state index in [-0.39, 0.29) is 12.2 Å². The average Bonchev–Trinajstić information content (AvgIpc) is 2.93. The van der Waals surface area contributed by atoms with Gasteiger partial charge < -0.3 is 18.9 Å². The predicted octanol–water partition coefficient (Wildman–Crippen LogP) is 3.91. The second-order valence-electron chi connectivity index (χ2n) is 6.92. The molecule has 0 aromatic heterocycles. The number of benzene rings is 2. The summed E-state index contributed by atoms with van der Waals surface area (Å²) in [5, 5.41) is 0. The van der Waals surface area contributed by atoms with Gasteiger partial charge in [-0.3, -0.25) is 4.79 Å². The van der Waals surface area contributed by atoms with E-state index in [0.717, 1.165) is 17.5 Å². The lowest BCUT2D eigenvalue weighted by Crippen LogP contribution is -2.26. The van der Waals surface area contributed by atoms with E-state index in [1.54, 1.807) is 32.0 Å². The van der Waals surface area contributed by atoms with Gasteiger partial charge in [0.1, 0.15) is 5.75 Å². The molecule has 3 rings (SSSR count). The smallest absolute Gasteiger partial charge is 0.347 e. The fourth-order valence-corrected chi connectivity index (χ4v) is 3.13. The number of carbonyl (C=O) groups excluding carboxylic acids is 2. The van der Waals surface area contributed by atoms with Crippen molar-refractivity contribution in [2.24, 2.45) is 0 Å². The zero-order chi connectivity index (χ0) is 20.8. The zero-order valence-corrected chi connectivity index (χ0v) is 17.0. The van der Waals surface area contributed by atoms with Crippen LogP contribution in [0.2, 0.25) is 0 Å². The number of hydrogen-bond donors (Lipinski definition) is 0. The van der Waals surface area contributed by atoms with Gasteiger partial charge in [-0.2, -0.15) is 0 Å². The van der Waals surface area contributed by atoms with Crippen LogP contribution in [0, 0.1) is 6.92 Å². The van der Waals surface area contributed by atoms with Gasteiger partial charge in [0.2, 0.25) is 0 Å². The first-order chi connectivity index (χ1) is 14.0. The van der Waals surface area contributed by atoms with Crippen molar-refractivity contribution in [3.05, 3.63) is 53.1 Å². The summed E-state index contributed by atoms with van der Waals surface area (Å²) in [5.74, 6) is 1.50. The number of ketones is 1. The van der Waals surface area contributed by atoms with Gasteiger partial charge in [-0.1, -0.05) is 6.07 Å². The van der Waals surface area contributed by atoms with Gasteiger partial charge in [0.15, 0.2) is 23.4 Å². The largest absolute Gasteiger partial charge is 0.490 e. The van der Waals surface area contributed by atoms with E-state index < -0.39 is 12.1 Å². The quantitative estimate of drug-likeness (QED) is 0.520. The van der Waals surface area contributed by atoms with Crippen LogP contribution in [0.15, 0.2) is 36.4 Å². The number of esters is 1. The molecule has 1 unspecified atom stereocenters. The number of fused-ring (bicyclic) bond motifs is 1. The summed E-state index contributed by atoms with van der Waals surface area (Å²) in [6, 6.07) is 10.8. The molecule has 2 aromatic carbocycles. The molecule has 29 heavy (non-hydrogen) atoms. The van der Waals surface area contributed by atoms with Gasteiger partial charge in [0, 0.05) is 18.4 Å². The van der Waals surface area contributed by atoms with Crippen LogP contribution in [-0.4, -0.2) is 37.7 Å². The SMILES string of the molecule is CCOC(=O)C(C)Oc1ccc(C(=O)Cc2ccc3c(c2)OCCCO3)c(C)c1. The van der Waals surface area contributed by atoms with Crippen LogP contribution < -0.4 is 14.2 Å². The Hall–Kier alpha value is -3.02. The van der Waals surface area contributed by atoms with Crippen LogP contribution in [0.25, 0.3) is 0 Å². The minimum atomic E-state index is -0.710. The van der Waals surface area contributed by atoms with E-state index in [1.807, 2.05) is 25.1 Å². The molecule has 6 nitrogen and oxygen atoms in total. The lowest BCUT2D eigenvalue weighted by Gasteiger charge is -2.15. The van der Waals surface area contributed by atoms with Gasteiger partial charge >= 0.3 is 5.97 Å². The summed E-state index contributed by atoms with van der Waals surface area (Å²) in [6.07, 6.45) is 0.389. The second-order valence-corrected chi connectivity index (χ2v) is 6.92. The predicted molar refractivity (Wildman–Crippen MR) is 108 cm³/mol. The summed E-state index contributed by atoms with van der Waals surface area (Å²) < 4.78 is 21.9. The van der Waals surface area contributed by atoms with E-state index in [2.05, 4.69) is 0 Å². The molecule has 0 aliphatic carbocycles. The summed E-state index contributed by atoms with van der Waals surface area (Å²) >= 11 is 0. The summed E-state index contributed by atoms with van der Waals surface area (Å²) in [7, 11) is 0. The van der Waals surface area contributed by atoms with E-state index in [0.29, 0.717) is 42.6 Å². The molecule has 0 fully saturated rings. The maximum atomic E-state index is 12.8. The molecule has 1 atom stereocenters. The van der Waals surface area contributed by atoms with Crippen LogP contribution in [-0.2, 0) is 16.0 Å². The minimum Gasteiger partial charge on any atom is -0.490 e. The van der Waals surface area contributed by atoms with Crippen LogP contribution in [0.4, 0.5) is 0 Å². The van der Waals surface area contributed by atoms with Gasteiger partial charge in [-0.05, 0) is 62.2 Å². The molecule has 0 spiro atoms. The Labute approximate surface area is 170 Å². The van der Waals surface area contributed by atoms with Crippen molar-refractivity contribution in [1.29, 1.82) is 0 Å². The summed E-state index contributed by atoms with van der Waals surface area (Å²) in [5.41, 5.74) is 2.28. The molecule has 6 heteroatoms. The molecular formula is C23H26O6. The number of ether oxygens (including phenoxy) is 4. The van der Waals surface area contributed by atoms with Crippen molar-refractivity contribution in [3.63, 3.8) is 0 Å². The molecule has 0 radical (unpaired) electrons. The van der Waals surface area contributed by atoms with E-state index >= 15 is 0 Å². The van der Waals surface area contributed by atoms with Crippen molar-refractivity contribution in [2.75, 3.05) is 19.8 Å². The van der Waals surface area contributed by atoms with Crippen molar-refractivity contribution < 1.29 is 28.5 Å². The zero-order valence-electron chi connectivity index (χ0n) is 17.0. The van der Waals surface area contributed by atoms with Gasteiger partial charge in [-0.15, -0.1) is 0 Å². The van der Waals surface area contributed by atoms with Gasteiger partial charge in [0.25, 0.3) is 0 Å². The maximum absolute atomic E-state index is 12.8. The molecule has 0 amide bonds. The number of carbonyl (C=O) groups is 2. The fraction of sp³-hybridized carbons (Fsp3) is 0.391. The van der Waals surface area contributed by atoms with Crippen molar-refractivity contribution in [1.82, 2.24) is 0 Å². The third kappa shape index (κ3) is 5.28. The molecule has 2 aromatic rings. The normalized spacial score (nSPS) is 13.9. The third-order valence-corrected chi connectivity index (χ3v) is 4.61. The lowest BCUT2D eigenvalue weighted by molar-refractivity contribution is -0.150.